The van der Waals surface area contributed by atoms with Gasteiger partial charge in [-0.3, -0.25) is 11.3 Å². The quantitative estimate of drug-likeness (QED) is 0.460. The summed E-state index contributed by atoms with van der Waals surface area (Å²) in [7, 11) is 0. The van der Waals surface area contributed by atoms with Crippen molar-refractivity contribution in [2.75, 3.05) is 13.2 Å². The second-order valence-corrected chi connectivity index (χ2v) is 5.56. The Bertz CT molecular complexity index is 376. The summed E-state index contributed by atoms with van der Waals surface area (Å²) in [6, 6.07) is -0.141. The lowest BCUT2D eigenvalue weighted by atomic mass is 10.1. The molecule has 1 rings (SSSR count). The van der Waals surface area contributed by atoms with Crippen LogP contribution in [-0.4, -0.2) is 30.4 Å². The molecule has 0 aliphatic carbocycles. The fourth-order valence-electron chi connectivity index (χ4n) is 1.50. The third-order valence-electron chi connectivity index (χ3n) is 2.61. The first-order valence-electron chi connectivity index (χ1n) is 5.85. The van der Waals surface area contributed by atoms with Crippen LogP contribution in [0.1, 0.15) is 22.0 Å². The average Bonchev–Trinajstić information content (AvgIpc) is 2.61. The number of thiazole rings is 1. The predicted octanol–water partition coefficient (Wildman–Crippen LogP) is 2.10. The molecule has 0 aliphatic heterocycles. The van der Waals surface area contributed by atoms with Gasteiger partial charge in [0.1, 0.15) is 6.61 Å². The first kappa shape index (κ1) is 16.4. The molecule has 1 aromatic rings. The summed E-state index contributed by atoms with van der Waals surface area (Å²) < 4.78 is 40.2. The average molecular weight is 297 g/mol. The molecule has 1 unspecified atom stereocenters. The zero-order valence-electron chi connectivity index (χ0n) is 10.9. The fraction of sp³-hybridized carbons (Fsp3) is 0.727. The summed E-state index contributed by atoms with van der Waals surface area (Å²) in [5.41, 5.74) is 3.56. The van der Waals surface area contributed by atoms with Crippen LogP contribution in [0, 0.1) is 13.8 Å². The number of ether oxygens (including phenoxy) is 1. The zero-order valence-corrected chi connectivity index (χ0v) is 11.7. The highest BCUT2D eigenvalue weighted by Gasteiger charge is 2.27. The van der Waals surface area contributed by atoms with Crippen LogP contribution in [0.2, 0.25) is 0 Å². The van der Waals surface area contributed by atoms with Crippen LogP contribution in [-0.2, 0) is 11.2 Å². The summed E-state index contributed by atoms with van der Waals surface area (Å²) in [5.74, 6) is 5.38. The molecule has 0 amide bonds. The van der Waals surface area contributed by atoms with Crippen LogP contribution in [0.3, 0.4) is 0 Å². The molecular weight excluding hydrogens is 279 g/mol. The highest BCUT2D eigenvalue weighted by atomic mass is 32.1. The second kappa shape index (κ2) is 7.18. The first-order valence-corrected chi connectivity index (χ1v) is 6.67. The minimum Gasteiger partial charge on any atom is -0.372 e. The van der Waals surface area contributed by atoms with Gasteiger partial charge < -0.3 is 4.74 Å². The number of nitrogens with two attached hydrogens (primary N) is 1. The predicted molar refractivity (Wildman–Crippen MR) is 67.9 cm³/mol. The van der Waals surface area contributed by atoms with Crippen LogP contribution >= 0.6 is 11.3 Å². The van der Waals surface area contributed by atoms with E-state index in [-0.39, 0.29) is 12.6 Å². The number of hydrogen-bond donors (Lipinski definition) is 2. The molecule has 19 heavy (non-hydrogen) atoms. The molecule has 4 nitrogen and oxygen atoms in total. The summed E-state index contributed by atoms with van der Waals surface area (Å²) in [5, 5.41) is 0.925. The zero-order chi connectivity index (χ0) is 14.5. The number of nitrogens with zero attached hydrogens (tertiary/aromatic N) is 1. The van der Waals surface area contributed by atoms with Crippen LogP contribution in [0.5, 0.6) is 0 Å². The van der Waals surface area contributed by atoms with E-state index in [0.29, 0.717) is 12.8 Å². The fourth-order valence-corrected chi connectivity index (χ4v) is 2.51. The van der Waals surface area contributed by atoms with Crippen molar-refractivity contribution >= 4 is 11.3 Å². The van der Waals surface area contributed by atoms with Gasteiger partial charge in [-0.25, -0.2) is 4.98 Å². The van der Waals surface area contributed by atoms with Crippen LogP contribution in [0.25, 0.3) is 0 Å². The lowest BCUT2D eigenvalue weighted by molar-refractivity contribution is -0.174. The molecule has 0 saturated carbocycles. The van der Waals surface area contributed by atoms with Crippen LogP contribution in [0.4, 0.5) is 13.2 Å². The third-order valence-corrected chi connectivity index (χ3v) is 3.70. The van der Waals surface area contributed by atoms with Gasteiger partial charge in [0.15, 0.2) is 0 Å². The second-order valence-electron chi connectivity index (χ2n) is 4.27. The molecule has 0 fully saturated rings. The Morgan fingerprint density at radius 1 is 1.42 bits per heavy atom. The van der Waals surface area contributed by atoms with Gasteiger partial charge in [-0.15, -0.1) is 11.3 Å². The molecule has 1 aromatic heterocycles. The van der Waals surface area contributed by atoms with E-state index in [2.05, 4.69) is 15.1 Å². The molecule has 8 heteroatoms. The van der Waals surface area contributed by atoms with Gasteiger partial charge in [0, 0.05) is 23.9 Å². The Morgan fingerprint density at radius 2 is 2.11 bits per heavy atom. The van der Waals surface area contributed by atoms with E-state index in [1.807, 2.05) is 13.8 Å². The molecule has 0 bridgehead atoms. The Morgan fingerprint density at radius 3 is 2.58 bits per heavy atom. The van der Waals surface area contributed by atoms with Gasteiger partial charge in [0.25, 0.3) is 0 Å². The van der Waals surface area contributed by atoms with E-state index in [0.717, 1.165) is 15.6 Å². The molecule has 0 saturated heterocycles. The smallest absolute Gasteiger partial charge is 0.372 e. The summed E-state index contributed by atoms with van der Waals surface area (Å²) in [4.78, 5) is 5.51. The highest BCUT2D eigenvalue weighted by molar-refractivity contribution is 7.11. The normalized spacial score (nSPS) is 13.8. The van der Waals surface area contributed by atoms with Crippen molar-refractivity contribution in [3.8, 4) is 0 Å². The van der Waals surface area contributed by atoms with Crippen molar-refractivity contribution in [2.45, 2.75) is 38.9 Å². The number of hydrogen-bond acceptors (Lipinski definition) is 5. The number of aryl methyl sites for hydroxylation is 2. The van der Waals surface area contributed by atoms with Crippen molar-refractivity contribution in [2.24, 2.45) is 5.84 Å². The Hall–Kier alpha value is -0.700. The molecule has 110 valence electrons. The largest absolute Gasteiger partial charge is 0.411 e. The van der Waals surface area contributed by atoms with Gasteiger partial charge in [0.2, 0.25) is 0 Å². The highest BCUT2D eigenvalue weighted by Crippen LogP contribution is 2.19. The molecule has 0 radical (unpaired) electrons. The number of halogens is 3. The van der Waals surface area contributed by atoms with E-state index < -0.39 is 12.8 Å². The van der Waals surface area contributed by atoms with E-state index in [1.165, 1.54) is 0 Å². The van der Waals surface area contributed by atoms with E-state index in [1.54, 1.807) is 11.3 Å². The number of alkyl halides is 3. The lowest BCUT2D eigenvalue weighted by Gasteiger charge is -2.15. The van der Waals surface area contributed by atoms with Crippen molar-refractivity contribution in [1.29, 1.82) is 0 Å². The van der Waals surface area contributed by atoms with Gasteiger partial charge in [-0.1, -0.05) is 0 Å². The molecule has 0 aliphatic rings. The van der Waals surface area contributed by atoms with E-state index in [9.17, 15) is 13.2 Å². The molecule has 1 atom stereocenters. The van der Waals surface area contributed by atoms with Gasteiger partial charge >= 0.3 is 6.18 Å². The Balaban J connectivity index is 2.33. The SMILES string of the molecule is Cc1nc(CC(CCOCC(F)(F)F)NN)sc1C. The van der Waals surface area contributed by atoms with Gasteiger partial charge in [-0.2, -0.15) is 13.2 Å². The third kappa shape index (κ3) is 6.33. The summed E-state index contributed by atoms with van der Waals surface area (Å²) in [6.45, 7) is 2.69. The lowest BCUT2D eigenvalue weighted by Crippen LogP contribution is -2.37. The number of aromatic nitrogens is 1. The van der Waals surface area contributed by atoms with Gasteiger partial charge in [0.05, 0.1) is 10.7 Å². The summed E-state index contributed by atoms with van der Waals surface area (Å²) in [6.07, 6.45) is -3.29. The number of hydrazine groups is 1. The van der Waals surface area contributed by atoms with E-state index >= 15 is 0 Å². The Labute approximate surface area is 114 Å². The molecule has 0 spiro atoms. The van der Waals surface area contributed by atoms with Crippen molar-refractivity contribution < 1.29 is 17.9 Å². The van der Waals surface area contributed by atoms with Crippen LogP contribution in [0.15, 0.2) is 0 Å². The minimum atomic E-state index is -4.28. The number of rotatable bonds is 7. The Kier molecular flexibility index (Phi) is 6.18. The summed E-state index contributed by atoms with van der Waals surface area (Å²) >= 11 is 1.57. The number of nitrogens with one attached hydrogen (secondary N) is 1. The monoisotopic (exact) mass is 297 g/mol. The maximum Gasteiger partial charge on any atom is 0.411 e. The topological polar surface area (TPSA) is 60.2 Å². The minimum absolute atomic E-state index is 0.0116. The van der Waals surface area contributed by atoms with Crippen molar-refractivity contribution in [1.82, 2.24) is 10.4 Å². The molecule has 1 heterocycles. The molecule has 0 aromatic carbocycles. The van der Waals surface area contributed by atoms with E-state index in [4.69, 9.17) is 5.84 Å². The van der Waals surface area contributed by atoms with Crippen LogP contribution < -0.4 is 11.3 Å². The van der Waals surface area contributed by atoms with Crippen molar-refractivity contribution in [3.63, 3.8) is 0 Å². The standard InChI is InChI=1S/C11H18F3N3OS/c1-7-8(2)19-10(16-7)5-9(17-15)3-4-18-6-11(12,13)14/h9,17H,3-6,15H2,1-2H3. The molecule has 3 N–H and O–H groups in total. The first-order chi connectivity index (χ1) is 8.81. The maximum absolute atomic E-state index is 11.9. The van der Waals surface area contributed by atoms with Gasteiger partial charge in [-0.05, 0) is 20.3 Å². The maximum atomic E-state index is 11.9. The molecular formula is C11H18F3N3OS. The van der Waals surface area contributed by atoms with Crippen molar-refractivity contribution in [3.05, 3.63) is 15.6 Å².